The maximum Gasteiger partial charge on any atom is 0.335 e. The van der Waals surface area contributed by atoms with Gasteiger partial charge in [0.15, 0.2) is 0 Å². The van der Waals surface area contributed by atoms with Crippen LogP contribution >= 0.6 is 15.9 Å². The van der Waals surface area contributed by atoms with Crippen molar-refractivity contribution in [2.24, 2.45) is 0 Å². The lowest BCUT2D eigenvalue weighted by molar-refractivity contribution is 0.0696. The number of aryl methyl sites for hydroxylation is 2. The molecule has 0 atom stereocenters. The summed E-state index contributed by atoms with van der Waals surface area (Å²) in [5.74, 6) is -0.319. The molecule has 0 aliphatic carbocycles. The molecule has 0 fully saturated rings. The second-order valence-corrected chi connectivity index (χ2v) is 5.59. The van der Waals surface area contributed by atoms with Gasteiger partial charge in [-0.05, 0) is 53.5 Å². The molecule has 2 rings (SSSR count). The third-order valence-electron chi connectivity index (χ3n) is 2.85. The average molecular weight is 335 g/mol. The van der Waals surface area contributed by atoms with Gasteiger partial charge in [0.05, 0.1) is 10.0 Å². The van der Waals surface area contributed by atoms with E-state index in [-0.39, 0.29) is 5.56 Å². The molecule has 0 heterocycles. The Balaban J connectivity index is 2.12. The Bertz CT molecular complexity index is 630. The van der Waals surface area contributed by atoms with E-state index in [0.717, 1.165) is 5.56 Å². The van der Waals surface area contributed by atoms with Gasteiger partial charge >= 0.3 is 5.97 Å². The number of halogens is 1. The van der Waals surface area contributed by atoms with Gasteiger partial charge in [-0.1, -0.05) is 29.3 Å². The minimum atomic E-state index is -0.952. The first-order chi connectivity index (χ1) is 9.45. The lowest BCUT2D eigenvalue weighted by Crippen LogP contribution is -2.00. The van der Waals surface area contributed by atoms with E-state index in [9.17, 15) is 4.79 Å². The molecule has 0 aliphatic rings. The maximum absolute atomic E-state index is 10.9. The Hall–Kier alpha value is -1.81. The molecule has 0 unspecified atom stereocenters. The minimum Gasteiger partial charge on any atom is -0.488 e. The zero-order valence-corrected chi connectivity index (χ0v) is 12.9. The summed E-state index contributed by atoms with van der Waals surface area (Å²) in [5.41, 5.74) is 3.72. The summed E-state index contributed by atoms with van der Waals surface area (Å²) >= 11 is 3.33. The molecule has 20 heavy (non-hydrogen) atoms. The van der Waals surface area contributed by atoms with Crippen molar-refractivity contribution < 1.29 is 14.6 Å². The van der Waals surface area contributed by atoms with Crippen LogP contribution in [0.2, 0.25) is 0 Å². The van der Waals surface area contributed by atoms with E-state index >= 15 is 0 Å². The zero-order valence-electron chi connectivity index (χ0n) is 11.3. The summed E-state index contributed by atoms with van der Waals surface area (Å²) in [6.07, 6.45) is 0. The Morgan fingerprint density at radius 2 is 1.80 bits per heavy atom. The van der Waals surface area contributed by atoms with Crippen LogP contribution in [0.15, 0.2) is 40.9 Å². The van der Waals surface area contributed by atoms with Crippen LogP contribution in [0.1, 0.15) is 27.0 Å². The van der Waals surface area contributed by atoms with Crippen LogP contribution < -0.4 is 4.74 Å². The van der Waals surface area contributed by atoms with Crippen molar-refractivity contribution in [2.45, 2.75) is 20.5 Å². The average Bonchev–Trinajstić information content (AvgIpc) is 2.36. The fourth-order valence-corrected chi connectivity index (χ4v) is 2.56. The molecule has 0 saturated heterocycles. The van der Waals surface area contributed by atoms with Gasteiger partial charge in [0.2, 0.25) is 0 Å². The van der Waals surface area contributed by atoms with Gasteiger partial charge in [-0.15, -0.1) is 0 Å². The Labute approximate surface area is 126 Å². The number of benzene rings is 2. The van der Waals surface area contributed by atoms with Crippen LogP contribution in [0.5, 0.6) is 5.75 Å². The molecule has 0 radical (unpaired) electrons. The molecule has 1 N–H and O–H groups in total. The first-order valence-corrected chi connectivity index (χ1v) is 6.98. The maximum atomic E-state index is 10.9. The number of hydrogen-bond donors (Lipinski definition) is 1. The highest BCUT2D eigenvalue weighted by molar-refractivity contribution is 9.10. The molecule has 0 aliphatic heterocycles. The normalized spacial score (nSPS) is 10.3. The molecule has 2 aromatic carbocycles. The Kier molecular flexibility index (Phi) is 4.45. The number of rotatable bonds is 4. The molecule has 0 bridgehead atoms. The van der Waals surface area contributed by atoms with Gasteiger partial charge in [0.25, 0.3) is 0 Å². The molecular weight excluding hydrogens is 320 g/mol. The summed E-state index contributed by atoms with van der Waals surface area (Å²) in [4.78, 5) is 10.9. The predicted octanol–water partition coefficient (Wildman–Crippen LogP) is 4.34. The van der Waals surface area contributed by atoms with Crippen LogP contribution in [0.4, 0.5) is 0 Å². The largest absolute Gasteiger partial charge is 0.488 e. The van der Waals surface area contributed by atoms with E-state index in [2.05, 4.69) is 34.1 Å². The molecule has 4 heteroatoms. The Morgan fingerprint density at radius 3 is 2.35 bits per heavy atom. The summed E-state index contributed by atoms with van der Waals surface area (Å²) in [6, 6.07) is 11.0. The van der Waals surface area contributed by atoms with E-state index in [0.29, 0.717) is 16.8 Å². The number of ether oxygens (including phenoxy) is 1. The van der Waals surface area contributed by atoms with Crippen LogP contribution in [-0.2, 0) is 6.61 Å². The number of carboxylic acid groups (broad SMARTS) is 1. The van der Waals surface area contributed by atoms with E-state index in [1.54, 1.807) is 12.1 Å². The monoisotopic (exact) mass is 334 g/mol. The van der Waals surface area contributed by atoms with Crippen molar-refractivity contribution in [3.8, 4) is 5.75 Å². The van der Waals surface area contributed by atoms with E-state index < -0.39 is 5.97 Å². The molecule has 0 saturated carbocycles. The SMILES string of the molecule is Cc1cc(C)cc(COc2ccc(C(=O)O)cc2Br)c1. The molecule has 0 aromatic heterocycles. The lowest BCUT2D eigenvalue weighted by atomic mass is 10.1. The second-order valence-electron chi connectivity index (χ2n) is 4.73. The summed E-state index contributed by atoms with van der Waals surface area (Å²) in [6.45, 7) is 4.55. The van der Waals surface area contributed by atoms with Crippen molar-refractivity contribution in [1.82, 2.24) is 0 Å². The smallest absolute Gasteiger partial charge is 0.335 e. The van der Waals surface area contributed by atoms with Crippen molar-refractivity contribution >= 4 is 21.9 Å². The zero-order chi connectivity index (χ0) is 14.7. The van der Waals surface area contributed by atoms with Crippen LogP contribution in [0, 0.1) is 13.8 Å². The molecule has 104 valence electrons. The van der Waals surface area contributed by atoms with Crippen LogP contribution in [0.25, 0.3) is 0 Å². The standard InChI is InChI=1S/C16H15BrO3/c1-10-5-11(2)7-12(6-10)9-20-15-4-3-13(16(18)19)8-14(15)17/h3-8H,9H2,1-2H3,(H,18,19). The molecule has 2 aromatic rings. The topological polar surface area (TPSA) is 46.5 Å². The number of aromatic carboxylic acids is 1. The summed E-state index contributed by atoms with van der Waals surface area (Å²) in [5, 5.41) is 8.91. The molecule has 3 nitrogen and oxygen atoms in total. The van der Waals surface area contributed by atoms with Gasteiger partial charge in [0, 0.05) is 0 Å². The fraction of sp³-hybridized carbons (Fsp3) is 0.188. The second kappa shape index (κ2) is 6.09. The molecular formula is C16H15BrO3. The van der Waals surface area contributed by atoms with Gasteiger partial charge in [0.1, 0.15) is 12.4 Å². The summed E-state index contributed by atoms with van der Waals surface area (Å²) < 4.78 is 6.37. The van der Waals surface area contributed by atoms with Crippen molar-refractivity contribution in [2.75, 3.05) is 0 Å². The van der Waals surface area contributed by atoms with Crippen molar-refractivity contribution in [3.05, 3.63) is 63.1 Å². The number of hydrogen-bond acceptors (Lipinski definition) is 2. The first-order valence-electron chi connectivity index (χ1n) is 6.18. The summed E-state index contributed by atoms with van der Waals surface area (Å²) in [7, 11) is 0. The quantitative estimate of drug-likeness (QED) is 0.904. The third-order valence-corrected chi connectivity index (χ3v) is 3.47. The van der Waals surface area contributed by atoms with Gasteiger partial charge in [-0.2, -0.15) is 0 Å². The van der Waals surface area contributed by atoms with Crippen molar-refractivity contribution in [3.63, 3.8) is 0 Å². The molecule has 0 amide bonds. The molecule has 0 spiro atoms. The van der Waals surface area contributed by atoms with Gasteiger partial charge < -0.3 is 9.84 Å². The van der Waals surface area contributed by atoms with Crippen molar-refractivity contribution in [1.29, 1.82) is 0 Å². The van der Waals surface area contributed by atoms with Crippen LogP contribution in [0.3, 0.4) is 0 Å². The highest BCUT2D eigenvalue weighted by Crippen LogP contribution is 2.27. The van der Waals surface area contributed by atoms with E-state index in [1.165, 1.54) is 17.2 Å². The minimum absolute atomic E-state index is 0.232. The fourth-order valence-electron chi connectivity index (χ4n) is 2.06. The number of carboxylic acids is 1. The number of carbonyl (C=O) groups is 1. The van der Waals surface area contributed by atoms with E-state index in [1.807, 2.05) is 13.8 Å². The third kappa shape index (κ3) is 3.61. The van der Waals surface area contributed by atoms with Gasteiger partial charge in [-0.25, -0.2) is 4.79 Å². The Morgan fingerprint density at radius 1 is 1.15 bits per heavy atom. The van der Waals surface area contributed by atoms with E-state index in [4.69, 9.17) is 9.84 Å². The lowest BCUT2D eigenvalue weighted by Gasteiger charge is -2.10. The first kappa shape index (κ1) is 14.6. The van der Waals surface area contributed by atoms with Gasteiger partial charge in [-0.3, -0.25) is 0 Å². The van der Waals surface area contributed by atoms with Crippen LogP contribution in [-0.4, -0.2) is 11.1 Å². The highest BCUT2D eigenvalue weighted by atomic mass is 79.9. The highest BCUT2D eigenvalue weighted by Gasteiger charge is 2.08. The predicted molar refractivity (Wildman–Crippen MR) is 81.3 cm³/mol.